The fourth-order valence-corrected chi connectivity index (χ4v) is 2.68. The Morgan fingerprint density at radius 3 is 2.57 bits per heavy atom. The lowest BCUT2D eigenvalue weighted by molar-refractivity contribution is -0.131. The van der Waals surface area contributed by atoms with E-state index in [2.05, 4.69) is 20.4 Å². The first kappa shape index (κ1) is 15.9. The van der Waals surface area contributed by atoms with Gasteiger partial charge in [0.1, 0.15) is 6.42 Å². The van der Waals surface area contributed by atoms with Gasteiger partial charge in [-0.25, -0.2) is 0 Å². The minimum atomic E-state index is -4.36. The largest absolute Gasteiger partial charge is 0.424 e. The molecule has 126 valence electrons. The number of aryl methyl sites for hydroxylation is 1. The molecule has 0 bridgehead atoms. The van der Waals surface area contributed by atoms with E-state index in [9.17, 15) is 13.2 Å². The summed E-state index contributed by atoms with van der Waals surface area (Å²) in [5.41, 5.74) is 0. The van der Waals surface area contributed by atoms with Gasteiger partial charge >= 0.3 is 6.18 Å². The highest BCUT2D eigenvalue weighted by atomic mass is 19.4. The standard InChI is InChI=1S/C13H16F3N5O2/c1-8-17-19-11(22-8)7-21-5-3-2-4-9(21)12-20-18-10(23-12)6-13(14,15)16/h9H,2-7H2,1H3/t9-/m0/s1. The average Bonchev–Trinajstić information content (AvgIpc) is 3.07. The van der Waals surface area contributed by atoms with Crippen LogP contribution in [0.2, 0.25) is 0 Å². The van der Waals surface area contributed by atoms with Crippen LogP contribution in [0.3, 0.4) is 0 Å². The number of piperidine rings is 1. The molecule has 10 heteroatoms. The van der Waals surface area contributed by atoms with Gasteiger partial charge in [0, 0.05) is 6.92 Å². The zero-order valence-corrected chi connectivity index (χ0v) is 12.5. The van der Waals surface area contributed by atoms with E-state index >= 15 is 0 Å². The highest BCUT2D eigenvalue weighted by Gasteiger charge is 2.33. The molecule has 23 heavy (non-hydrogen) atoms. The number of alkyl halides is 3. The van der Waals surface area contributed by atoms with Crippen LogP contribution in [0, 0.1) is 6.92 Å². The molecule has 0 unspecified atom stereocenters. The van der Waals surface area contributed by atoms with Crippen LogP contribution < -0.4 is 0 Å². The third-order valence-electron chi connectivity index (χ3n) is 3.64. The normalized spacial score (nSPS) is 20.1. The van der Waals surface area contributed by atoms with Crippen LogP contribution in [0.1, 0.15) is 48.9 Å². The fourth-order valence-electron chi connectivity index (χ4n) is 2.68. The van der Waals surface area contributed by atoms with Crippen LogP contribution in [-0.2, 0) is 13.0 Å². The summed E-state index contributed by atoms with van der Waals surface area (Å²) in [5, 5.41) is 15.0. The summed E-state index contributed by atoms with van der Waals surface area (Å²) in [7, 11) is 0. The number of hydrogen-bond acceptors (Lipinski definition) is 7. The van der Waals surface area contributed by atoms with E-state index in [1.54, 1.807) is 6.92 Å². The monoisotopic (exact) mass is 331 g/mol. The molecule has 0 amide bonds. The maximum atomic E-state index is 12.4. The Bertz CT molecular complexity index is 654. The van der Waals surface area contributed by atoms with Gasteiger partial charge in [-0.3, -0.25) is 4.90 Å². The summed E-state index contributed by atoms with van der Waals surface area (Å²) in [6.07, 6.45) is -2.91. The maximum absolute atomic E-state index is 12.4. The second kappa shape index (κ2) is 6.26. The molecule has 0 radical (unpaired) electrons. The molecule has 1 fully saturated rings. The van der Waals surface area contributed by atoms with Crippen LogP contribution in [0.5, 0.6) is 0 Å². The van der Waals surface area contributed by atoms with Crippen molar-refractivity contribution in [3.05, 3.63) is 23.6 Å². The predicted molar refractivity (Wildman–Crippen MR) is 70.1 cm³/mol. The number of halogens is 3. The van der Waals surface area contributed by atoms with E-state index in [1.807, 2.05) is 4.90 Å². The van der Waals surface area contributed by atoms with E-state index in [0.29, 0.717) is 18.3 Å². The first-order valence-electron chi connectivity index (χ1n) is 7.33. The highest BCUT2D eigenvalue weighted by Crippen LogP contribution is 2.32. The Morgan fingerprint density at radius 1 is 1.09 bits per heavy atom. The first-order chi connectivity index (χ1) is 10.9. The predicted octanol–water partition coefficient (Wildman–Crippen LogP) is 2.59. The van der Waals surface area contributed by atoms with Gasteiger partial charge in [0.05, 0.1) is 12.6 Å². The number of aromatic nitrogens is 4. The molecule has 2 aromatic rings. The van der Waals surface area contributed by atoms with E-state index < -0.39 is 18.5 Å². The topological polar surface area (TPSA) is 81.1 Å². The summed E-state index contributed by atoms with van der Waals surface area (Å²) in [6.45, 7) is 2.86. The lowest BCUT2D eigenvalue weighted by Crippen LogP contribution is -2.33. The molecule has 3 rings (SSSR count). The van der Waals surface area contributed by atoms with Crippen molar-refractivity contribution in [3.8, 4) is 0 Å². The van der Waals surface area contributed by atoms with Crippen molar-refractivity contribution in [2.45, 2.75) is 51.4 Å². The molecule has 0 spiro atoms. The molecule has 0 aromatic carbocycles. The number of rotatable bonds is 4. The molecule has 0 N–H and O–H groups in total. The van der Waals surface area contributed by atoms with Crippen LogP contribution in [0.4, 0.5) is 13.2 Å². The second-order valence-corrected chi connectivity index (χ2v) is 5.52. The van der Waals surface area contributed by atoms with Gasteiger partial charge in [0.25, 0.3) is 0 Å². The van der Waals surface area contributed by atoms with Gasteiger partial charge in [0.15, 0.2) is 0 Å². The molecular weight excluding hydrogens is 315 g/mol. The summed E-state index contributed by atoms with van der Waals surface area (Å²) in [4.78, 5) is 2.02. The molecular formula is C13H16F3N5O2. The van der Waals surface area contributed by atoms with Gasteiger partial charge in [-0.1, -0.05) is 6.42 Å². The Labute approximate surface area is 129 Å². The molecule has 1 aliphatic rings. The quantitative estimate of drug-likeness (QED) is 0.851. The van der Waals surface area contributed by atoms with Crippen LogP contribution in [0.15, 0.2) is 8.83 Å². The third-order valence-corrected chi connectivity index (χ3v) is 3.64. The van der Waals surface area contributed by atoms with Crippen LogP contribution >= 0.6 is 0 Å². The summed E-state index contributed by atoms with van der Waals surface area (Å²) in [5.74, 6) is 0.732. The van der Waals surface area contributed by atoms with Crippen molar-refractivity contribution in [2.24, 2.45) is 0 Å². The molecule has 1 aliphatic heterocycles. The molecule has 0 aliphatic carbocycles. The SMILES string of the molecule is Cc1nnc(CN2CCCC[C@H]2c2nnc(CC(F)(F)F)o2)o1. The van der Waals surface area contributed by atoms with Crippen molar-refractivity contribution in [2.75, 3.05) is 6.54 Å². The Morgan fingerprint density at radius 2 is 1.87 bits per heavy atom. The van der Waals surface area contributed by atoms with E-state index in [1.165, 1.54) is 0 Å². The number of hydrogen-bond donors (Lipinski definition) is 0. The van der Waals surface area contributed by atoms with E-state index in [4.69, 9.17) is 8.83 Å². The lowest BCUT2D eigenvalue weighted by Gasteiger charge is -2.32. The molecule has 2 aromatic heterocycles. The Hall–Kier alpha value is -1.97. The van der Waals surface area contributed by atoms with Crippen molar-refractivity contribution in [1.29, 1.82) is 0 Å². The van der Waals surface area contributed by atoms with Gasteiger partial charge in [0.2, 0.25) is 23.6 Å². The zero-order valence-electron chi connectivity index (χ0n) is 12.5. The van der Waals surface area contributed by atoms with Gasteiger partial charge in [-0.05, 0) is 19.4 Å². The van der Waals surface area contributed by atoms with Crippen molar-refractivity contribution < 1.29 is 22.0 Å². The summed E-state index contributed by atoms with van der Waals surface area (Å²) < 4.78 is 47.8. The minimum Gasteiger partial charge on any atom is -0.424 e. The first-order valence-corrected chi connectivity index (χ1v) is 7.33. The van der Waals surface area contributed by atoms with Crippen molar-refractivity contribution in [1.82, 2.24) is 25.3 Å². The Kier molecular flexibility index (Phi) is 4.33. The zero-order chi connectivity index (χ0) is 16.4. The highest BCUT2D eigenvalue weighted by molar-refractivity contribution is 4.95. The van der Waals surface area contributed by atoms with Crippen molar-refractivity contribution in [3.63, 3.8) is 0 Å². The van der Waals surface area contributed by atoms with Gasteiger partial charge < -0.3 is 8.83 Å². The molecule has 1 atom stereocenters. The fraction of sp³-hybridized carbons (Fsp3) is 0.692. The molecule has 0 saturated carbocycles. The second-order valence-electron chi connectivity index (χ2n) is 5.52. The molecule has 1 saturated heterocycles. The molecule has 7 nitrogen and oxygen atoms in total. The smallest absolute Gasteiger partial charge is 0.397 e. The third kappa shape index (κ3) is 4.06. The molecule has 3 heterocycles. The summed E-state index contributed by atoms with van der Waals surface area (Å²) in [6, 6.07) is -0.231. The van der Waals surface area contributed by atoms with Crippen LogP contribution in [0.25, 0.3) is 0 Å². The minimum absolute atomic E-state index is 0.209. The number of likely N-dealkylation sites (tertiary alicyclic amines) is 1. The van der Waals surface area contributed by atoms with Crippen molar-refractivity contribution >= 4 is 0 Å². The average molecular weight is 331 g/mol. The van der Waals surface area contributed by atoms with Gasteiger partial charge in [-0.15, -0.1) is 20.4 Å². The summed E-state index contributed by atoms with van der Waals surface area (Å²) >= 11 is 0. The van der Waals surface area contributed by atoms with Gasteiger partial charge in [-0.2, -0.15) is 13.2 Å². The van der Waals surface area contributed by atoms with Crippen LogP contribution in [-0.4, -0.2) is 38.0 Å². The maximum Gasteiger partial charge on any atom is 0.397 e. The van der Waals surface area contributed by atoms with E-state index in [0.717, 1.165) is 25.8 Å². The lowest BCUT2D eigenvalue weighted by atomic mass is 10.0. The Balaban J connectivity index is 1.73. The van der Waals surface area contributed by atoms with E-state index in [-0.39, 0.29) is 11.9 Å². The number of nitrogens with zero attached hydrogens (tertiary/aromatic N) is 5.